The maximum atomic E-state index is 0. The minimum absolute atomic E-state index is 0. The fourth-order valence-corrected chi connectivity index (χ4v) is 0. The summed E-state index contributed by atoms with van der Waals surface area (Å²) in [6, 6.07) is 0. The zero-order valence-corrected chi connectivity index (χ0v) is 22.3. The maximum Gasteiger partial charge on any atom is 0 e. The third-order valence-corrected chi connectivity index (χ3v) is 0. The van der Waals surface area contributed by atoms with Crippen LogP contribution in [0.1, 0.15) is 0 Å². The van der Waals surface area contributed by atoms with E-state index in [9.17, 15) is 0 Å². The molecule has 0 aromatic carbocycles. The zero-order valence-electron chi connectivity index (χ0n) is 7.42. The smallest absolute Gasteiger partial charge is 0 e. The molecular formula is Ar21. The van der Waals surface area contributed by atoms with Crippen molar-refractivity contribution in [1.82, 2.24) is 0 Å². The fourth-order valence-electron chi connectivity index (χ4n) is 0. The molecule has 0 bridgehead atoms. The first-order chi connectivity index (χ1) is 0. The molecule has 0 radical (unpaired) electrons. The Kier molecular flexibility index (Phi) is 956. The first kappa shape index (κ1) is 146. The molecule has 0 saturated heterocycles. The second kappa shape index (κ2) is 137. The van der Waals surface area contributed by atoms with Crippen LogP contribution in [0.4, 0.5) is 0 Å². The van der Waals surface area contributed by atoms with Crippen LogP contribution < -0.4 is 0 Å². The summed E-state index contributed by atoms with van der Waals surface area (Å²) in [7, 11) is 0. The van der Waals surface area contributed by atoms with Crippen LogP contribution in [0, 0.1) is 793 Å². The van der Waals surface area contributed by atoms with E-state index in [4.69, 9.17) is 0 Å². The monoisotopic (exact) mass is 839 g/mol. The van der Waals surface area contributed by atoms with E-state index in [1.54, 1.807) is 0 Å². The van der Waals surface area contributed by atoms with Gasteiger partial charge in [0, 0.05) is 793 Å². The molecule has 0 aromatic rings. The molecule has 0 aliphatic heterocycles. The third kappa shape index (κ3) is 131. The zero-order chi connectivity index (χ0) is 0. The van der Waals surface area contributed by atoms with Crippen LogP contribution in [-0.2, 0) is 0 Å². The van der Waals surface area contributed by atoms with Gasteiger partial charge >= 0.3 is 0 Å². The van der Waals surface area contributed by atoms with E-state index in [1.165, 1.54) is 0 Å². The van der Waals surface area contributed by atoms with E-state index in [1.807, 2.05) is 0 Å². The van der Waals surface area contributed by atoms with E-state index < -0.39 is 0 Å². The molecule has 0 N–H and O–H groups in total. The molecule has 0 amide bonds. The summed E-state index contributed by atoms with van der Waals surface area (Å²) in [4.78, 5) is 0. The van der Waals surface area contributed by atoms with Crippen molar-refractivity contribution in [2.45, 2.75) is 0 Å². The summed E-state index contributed by atoms with van der Waals surface area (Å²) in [6.45, 7) is 0. The van der Waals surface area contributed by atoms with Gasteiger partial charge in [-0.3, -0.25) is 0 Å². The Balaban J connectivity index is 0. The minimum Gasteiger partial charge on any atom is 0 e. The summed E-state index contributed by atoms with van der Waals surface area (Å²) >= 11 is 0. The van der Waals surface area contributed by atoms with E-state index >= 15 is 0 Å². The topological polar surface area (TPSA) is 0 Å². The van der Waals surface area contributed by atoms with E-state index in [0.29, 0.717) is 0 Å². The van der Waals surface area contributed by atoms with Crippen LogP contribution in [0.3, 0.4) is 0 Å². The summed E-state index contributed by atoms with van der Waals surface area (Å²) in [5, 5.41) is 0. The summed E-state index contributed by atoms with van der Waals surface area (Å²) in [6.07, 6.45) is 0. The van der Waals surface area contributed by atoms with Crippen molar-refractivity contribution in [2.75, 3.05) is 0 Å². The van der Waals surface area contributed by atoms with Gasteiger partial charge in [0.2, 0.25) is 0 Å². The molecule has 0 heterocycles. The van der Waals surface area contributed by atoms with Crippen molar-refractivity contribution in [3.63, 3.8) is 0 Å². The average Bonchev–Trinajstić information content (AvgIpc) is 0. The minimum atomic E-state index is 0. The predicted octanol–water partition coefficient (Wildman–Crippen LogP) is 0. The van der Waals surface area contributed by atoms with Gasteiger partial charge in [0.15, 0.2) is 0 Å². The van der Waals surface area contributed by atoms with Crippen LogP contribution in [0.15, 0.2) is 0 Å². The standard InChI is InChI=1S/21Ar. The van der Waals surface area contributed by atoms with Gasteiger partial charge in [0.05, 0.1) is 0 Å². The van der Waals surface area contributed by atoms with E-state index in [0.717, 1.165) is 0 Å². The fraction of sp³-hybridized carbons (Fsp3) is 0. The van der Waals surface area contributed by atoms with E-state index in [2.05, 4.69) is 0 Å². The largest absolute Gasteiger partial charge is 0 e. The van der Waals surface area contributed by atoms with Crippen LogP contribution in [0.5, 0.6) is 0 Å². The molecule has 0 aliphatic carbocycles. The van der Waals surface area contributed by atoms with Gasteiger partial charge in [-0.25, -0.2) is 0 Å². The molecule has 21 heavy (non-hydrogen) atoms. The predicted molar refractivity (Wildman–Crippen MR) is 0 cm³/mol. The van der Waals surface area contributed by atoms with Gasteiger partial charge in [-0.05, 0) is 0 Å². The van der Waals surface area contributed by atoms with Crippen molar-refractivity contribution in [2.24, 2.45) is 0 Å². The second-order valence-electron chi connectivity index (χ2n) is 0. The third-order valence-electron chi connectivity index (χ3n) is 0. The maximum absolute atomic E-state index is 0. The number of hydrogen-bond acceptors (Lipinski definition) is 0. The number of rotatable bonds is 0. The van der Waals surface area contributed by atoms with E-state index in [-0.39, 0.29) is 793 Å². The van der Waals surface area contributed by atoms with Crippen LogP contribution in [0.2, 0.25) is 0 Å². The molecule has 0 aliphatic rings. The van der Waals surface area contributed by atoms with Gasteiger partial charge in [0.25, 0.3) is 0 Å². The summed E-state index contributed by atoms with van der Waals surface area (Å²) in [5.41, 5.74) is 0. The van der Waals surface area contributed by atoms with Crippen molar-refractivity contribution in [3.8, 4) is 0 Å². The number of hydrogen-bond donors (Lipinski definition) is 0. The SMILES string of the molecule is [Ar].[Ar].[Ar].[Ar].[Ar].[Ar].[Ar].[Ar].[Ar].[Ar].[Ar].[Ar].[Ar].[Ar].[Ar].[Ar].[Ar].[Ar].[Ar].[Ar].[Ar]. The summed E-state index contributed by atoms with van der Waals surface area (Å²) in [5.74, 6) is 0. The van der Waals surface area contributed by atoms with Crippen molar-refractivity contribution in [3.05, 3.63) is 0 Å². The Hall–Kier alpha value is 26.5. The average molecular weight is 839 g/mol. The van der Waals surface area contributed by atoms with Gasteiger partial charge < -0.3 is 0 Å². The Morgan fingerprint density at radius 1 is 0.0476 bits per heavy atom. The Labute approximate surface area is 760 Å². The van der Waals surface area contributed by atoms with Gasteiger partial charge in [0.1, 0.15) is 0 Å². The van der Waals surface area contributed by atoms with Crippen LogP contribution in [-0.4, -0.2) is 0 Å². The van der Waals surface area contributed by atoms with Crippen molar-refractivity contribution in [1.29, 1.82) is 0 Å². The van der Waals surface area contributed by atoms with Crippen LogP contribution >= 0.6 is 0 Å². The summed E-state index contributed by atoms with van der Waals surface area (Å²) < 4.78 is 0. The quantitative estimate of drug-likeness (QED) is 0.323. The molecule has 21 heteroatoms. The molecule has 0 aromatic heterocycles. The molecule has 0 atom stereocenters. The van der Waals surface area contributed by atoms with Crippen LogP contribution in [0.25, 0.3) is 0 Å². The first-order valence-electron chi connectivity index (χ1n) is 0. The first-order valence-corrected chi connectivity index (χ1v) is 0. The second-order valence-corrected chi connectivity index (χ2v) is 0. The molecule has 0 fully saturated rings. The molecule has 0 saturated carbocycles. The molecule has 0 rings (SSSR count). The van der Waals surface area contributed by atoms with Gasteiger partial charge in [-0.15, -0.1) is 0 Å². The van der Waals surface area contributed by atoms with Crippen molar-refractivity contribution < 1.29 is 793 Å². The van der Waals surface area contributed by atoms with Crippen molar-refractivity contribution >= 4 is 0 Å². The Bertz CT molecular complexity index is 0. The molecule has 0 spiro atoms. The molecule has 168 valence electrons. The van der Waals surface area contributed by atoms with Gasteiger partial charge in [-0.2, -0.15) is 0 Å². The molecular weight excluding hydrogens is 839 g/mol. The normalized spacial score (nSPS) is 0. The van der Waals surface area contributed by atoms with Gasteiger partial charge in [-0.1, -0.05) is 0 Å². The molecule has 0 unspecified atom stereocenters. The molecule has 0 nitrogen and oxygen atoms in total. The Morgan fingerprint density at radius 2 is 0.0476 bits per heavy atom. The Morgan fingerprint density at radius 3 is 0.0476 bits per heavy atom.